The maximum atomic E-state index is 13.8. The van der Waals surface area contributed by atoms with Crippen LogP contribution in [0.1, 0.15) is 37.3 Å². The first-order valence-electron chi connectivity index (χ1n) is 10.7. The Morgan fingerprint density at radius 3 is 1.77 bits per heavy atom. The molecule has 6 heteroatoms. The van der Waals surface area contributed by atoms with Crippen molar-refractivity contribution in [2.24, 2.45) is 11.8 Å². The molecule has 31 heavy (non-hydrogen) atoms. The highest BCUT2D eigenvalue weighted by Gasteiger charge is 2.41. The van der Waals surface area contributed by atoms with Gasteiger partial charge in [0.05, 0.1) is 19.5 Å². The minimum Gasteiger partial charge on any atom is -0.497 e. The quantitative estimate of drug-likeness (QED) is 0.432. The largest absolute Gasteiger partial charge is 0.497 e. The Balaban J connectivity index is 1.88. The molecule has 1 saturated carbocycles. The molecule has 0 unspecified atom stereocenters. The Hall–Kier alpha value is -2.31. The van der Waals surface area contributed by atoms with Crippen LogP contribution < -0.4 is 9.47 Å². The summed E-state index contributed by atoms with van der Waals surface area (Å²) in [7, 11) is -0.293. The summed E-state index contributed by atoms with van der Waals surface area (Å²) < 4.78 is 39.6. The molecular formula is C25H33NO4S. The van der Waals surface area contributed by atoms with Crippen molar-refractivity contribution in [3.05, 3.63) is 72.3 Å². The van der Waals surface area contributed by atoms with Crippen molar-refractivity contribution in [3.63, 3.8) is 0 Å². The fourth-order valence-corrected chi connectivity index (χ4v) is 5.95. The number of methoxy groups -OCH3 is 2. The van der Waals surface area contributed by atoms with Crippen molar-refractivity contribution in [1.29, 1.82) is 0 Å². The Morgan fingerprint density at radius 2 is 1.42 bits per heavy atom. The van der Waals surface area contributed by atoms with Gasteiger partial charge in [0.1, 0.15) is 11.5 Å². The smallest absolute Gasteiger partial charge is 0.217 e. The van der Waals surface area contributed by atoms with Gasteiger partial charge >= 0.3 is 0 Å². The van der Waals surface area contributed by atoms with Crippen LogP contribution in [0.15, 0.2) is 61.2 Å². The van der Waals surface area contributed by atoms with E-state index >= 15 is 0 Å². The summed E-state index contributed by atoms with van der Waals surface area (Å²) in [5.41, 5.74) is 1.86. The van der Waals surface area contributed by atoms with Gasteiger partial charge in [0, 0.05) is 13.1 Å². The van der Waals surface area contributed by atoms with Crippen LogP contribution in [-0.2, 0) is 23.1 Å². The lowest BCUT2D eigenvalue weighted by Gasteiger charge is -2.30. The Kier molecular flexibility index (Phi) is 7.79. The van der Waals surface area contributed by atoms with Gasteiger partial charge in [-0.15, -0.1) is 6.58 Å². The van der Waals surface area contributed by atoms with Gasteiger partial charge in [0.15, 0.2) is 0 Å². The second kappa shape index (κ2) is 10.3. The summed E-state index contributed by atoms with van der Waals surface area (Å²) in [6, 6.07) is 15.1. The molecule has 1 fully saturated rings. The first-order chi connectivity index (χ1) is 14.9. The lowest BCUT2D eigenvalue weighted by Crippen LogP contribution is -2.40. The number of hydrogen-bond acceptors (Lipinski definition) is 4. The van der Waals surface area contributed by atoms with Crippen molar-refractivity contribution in [1.82, 2.24) is 4.31 Å². The molecule has 0 N–H and O–H groups in total. The number of hydrogen-bond donors (Lipinski definition) is 0. The van der Waals surface area contributed by atoms with Crippen LogP contribution in [0, 0.1) is 11.8 Å². The predicted molar refractivity (Wildman–Crippen MR) is 125 cm³/mol. The Morgan fingerprint density at radius 1 is 0.968 bits per heavy atom. The zero-order valence-electron chi connectivity index (χ0n) is 18.7. The third kappa shape index (κ3) is 5.89. The molecule has 0 aromatic heterocycles. The molecule has 0 spiro atoms. The van der Waals surface area contributed by atoms with Crippen molar-refractivity contribution in [2.45, 2.75) is 44.5 Å². The first kappa shape index (κ1) is 23.4. The van der Waals surface area contributed by atoms with Gasteiger partial charge in [-0.2, -0.15) is 4.31 Å². The number of nitrogens with zero attached hydrogens (tertiary/aromatic N) is 1. The second-order valence-corrected chi connectivity index (χ2v) is 10.5. The topological polar surface area (TPSA) is 55.8 Å². The molecule has 2 aromatic carbocycles. The molecule has 168 valence electrons. The molecule has 3 rings (SSSR count). The van der Waals surface area contributed by atoms with Crippen molar-refractivity contribution in [2.75, 3.05) is 14.2 Å². The number of sulfonamides is 1. The van der Waals surface area contributed by atoms with E-state index in [0.717, 1.165) is 41.9 Å². The fourth-order valence-electron chi connectivity index (χ4n) is 4.05. The molecular weight excluding hydrogens is 410 g/mol. The van der Waals surface area contributed by atoms with Gasteiger partial charge in [0.2, 0.25) is 10.0 Å². The summed E-state index contributed by atoms with van der Waals surface area (Å²) in [6.45, 7) is 6.34. The number of rotatable bonds is 12. The maximum absolute atomic E-state index is 13.8. The molecule has 2 aromatic rings. The van der Waals surface area contributed by atoms with Gasteiger partial charge in [-0.1, -0.05) is 30.3 Å². The van der Waals surface area contributed by atoms with Crippen molar-refractivity contribution < 1.29 is 17.9 Å². The molecule has 0 amide bonds. The highest BCUT2D eigenvalue weighted by Crippen LogP contribution is 2.43. The average molecular weight is 444 g/mol. The molecule has 0 radical (unpaired) electrons. The number of ether oxygens (including phenoxy) is 2. The highest BCUT2D eigenvalue weighted by atomic mass is 32.2. The second-order valence-electron chi connectivity index (χ2n) is 8.24. The third-order valence-electron chi connectivity index (χ3n) is 6.13. The minimum absolute atomic E-state index is 0.108. The van der Waals surface area contributed by atoms with Crippen LogP contribution in [0.3, 0.4) is 0 Å². The summed E-state index contributed by atoms with van der Waals surface area (Å²) >= 11 is 0. The van der Waals surface area contributed by atoms with Crippen LogP contribution in [0.5, 0.6) is 11.5 Å². The number of allylic oxidation sites excluding steroid dienone is 1. The molecule has 0 aliphatic heterocycles. The predicted octanol–water partition coefficient (Wildman–Crippen LogP) is 5.03. The molecule has 2 atom stereocenters. The minimum atomic E-state index is -3.53. The molecule has 5 nitrogen and oxygen atoms in total. The van der Waals surface area contributed by atoms with Gasteiger partial charge in [-0.3, -0.25) is 0 Å². The Labute approximate surface area is 186 Å². The fraction of sp³-hybridized carbons (Fsp3) is 0.440. The summed E-state index contributed by atoms with van der Waals surface area (Å²) in [5.74, 6) is 2.09. The summed E-state index contributed by atoms with van der Waals surface area (Å²) in [5, 5.41) is -0.463. The van der Waals surface area contributed by atoms with Crippen LogP contribution in [0.2, 0.25) is 0 Å². The first-order valence-corrected chi connectivity index (χ1v) is 12.2. The monoisotopic (exact) mass is 443 g/mol. The normalized spacial score (nSPS) is 16.0. The Bertz CT molecular complexity index is 901. The van der Waals surface area contributed by atoms with E-state index in [1.54, 1.807) is 18.5 Å². The zero-order chi connectivity index (χ0) is 22.4. The van der Waals surface area contributed by atoms with Gasteiger partial charge < -0.3 is 9.47 Å². The van der Waals surface area contributed by atoms with E-state index in [0.29, 0.717) is 19.0 Å². The molecule has 1 aliphatic rings. The van der Waals surface area contributed by atoms with Crippen molar-refractivity contribution in [3.8, 4) is 11.5 Å². The van der Waals surface area contributed by atoms with E-state index in [1.807, 2.05) is 61.5 Å². The molecule has 0 bridgehead atoms. The van der Waals surface area contributed by atoms with E-state index in [1.165, 1.54) is 0 Å². The number of benzene rings is 2. The van der Waals surface area contributed by atoms with Crippen LogP contribution in [0.4, 0.5) is 0 Å². The third-order valence-corrected chi connectivity index (χ3v) is 8.40. The van der Waals surface area contributed by atoms with E-state index in [4.69, 9.17) is 9.47 Å². The van der Waals surface area contributed by atoms with Gasteiger partial charge in [-0.25, -0.2) is 8.42 Å². The van der Waals surface area contributed by atoms with Crippen LogP contribution >= 0.6 is 0 Å². The van der Waals surface area contributed by atoms with Gasteiger partial charge in [-0.05, 0) is 73.4 Å². The average Bonchev–Trinajstić information content (AvgIpc) is 3.62. The lowest BCUT2D eigenvalue weighted by molar-refractivity contribution is 0.367. The van der Waals surface area contributed by atoms with Crippen LogP contribution in [0.25, 0.3) is 0 Å². The molecule has 1 aliphatic carbocycles. The van der Waals surface area contributed by atoms with E-state index < -0.39 is 15.3 Å². The van der Waals surface area contributed by atoms with E-state index in [9.17, 15) is 8.42 Å². The van der Waals surface area contributed by atoms with Gasteiger partial charge in [0.25, 0.3) is 0 Å². The highest BCUT2D eigenvalue weighted by molar-refractivity contribution is 7.89. The summed E-state index contributed by atoms with van der Waals surface area (Å²) in [4.78, 5) is 0. The SMILES string of the molecule is C=CC[C@H](C1CC1)[C@@H](C)S(=O)(=O)N(Cc1ccc(OC)cc1)Cc1ccc(OC)cc1. The maximum Gasteiger partial charge on any atom is 0.217 e. The van der Waals surface area contributed by atoms with E-state index in [-0.39, 0.29) is 5.92 Å². The lowest BCUT2D eigenvalue weighted by atomic mass is 9.96. The van der Waals surface area contributed by atoms with Crippen molar-refractivity contribution >= 4 is 10.0 Å². The van der Waals surface area contributed by atoms with E-state index in [2.05, 4.69) is 6.58 Å². The molecule has 0 saturated heterocycles. The zero-order valence-corrected chi connectivity index (χ0v) is 19.5. The van der Waals surface area contributed by atoms with Crippen LogP contribution in [-0.4, -0.2) is 32.2 Å². The standard InChI is InChI=1S/C25H33NO4S/c1-5-6-25(22-11-12-22)19(2)31(27,28)26(17-20-7-13-23(29-3)14-8-20)18-21-9-15-24(30-4)16-10-21/h5,7-10,13-16,19,22,25H,1,6,11-12,17-18H2,2-4H3/t19-,25+/m1/s1. The summed E-state index contributed by atoms with van der Waals surface area (Å²) in [6.07, 6.45) is 4.79. The molecule has 0 heterocycles.